The molecule has 0 fully saturated rings. The zero-order valence-electron chi connectivity index (χ0n) is 6.90. The standard InChI is InChI=1S/C8H8ClF2NO/c1-4-6(8(10)11)7(13)5(2-9)3-12-4/h3,8H,2H2,1H3,(H,12,13). The van der Waals surface area contributed by atoms with Gasteiger partial charge in [0.15, 0.2) is 5.43 Å². The molecule has 1 rings (SSSR count). The molecule has 0 aliphatic rings. The van der Waals surface area contributed by atoms with Gasteiger partial charge in [-0.1, -0.05) is 0 Å². The molecule has 5 heteroatoms. The molecule has 1 aromatic heterocycles. The molecule has 0 amide bonds. The molecule has 0 atom stereocenters. The summed E-state index contributed by atoms with van der Waals surface area (Å²) in [6.45, 7) is 1.43. The van der Waals surface area contributed by atoms with Crippen LogP contribution in [0.5, 0.6) is 0 Å². The monoisotopic (exact) mass is 207 g/mol. The third kappa shape index (κ3) is 1.88. The van der Waals surface area contributed by atoms with Gasteiger partial charge in [0.1, 0.15) is 0 Å². The highest BCUT2D eigenvalue weighted by molar-refractivity contribution is 6.17. The first-order valence-corrected chi connectivity index (χ1v) is 4.16. The second-order valence-electron chi connectivity index (χ2n) is 2.62. The van der Waals surface area contributed by atoms with Crippen LogP contribution in [0, 0.1) is 6.92 Å². The summed E-state index contributed by atoms with van der Waals surface area (Å²) >= 11 is 5.40. The number of hydrogen-bond donors (Lipinski definition) is 1. The molecule has 1 aromatic rings. The molecular weight excluding hydrogens is 200 g/mol. The quantitative estimate of drug-likeness (QED) is 0.742. The van der Waals surface area contributed by atoms with E-state index in [1.54, 1.807) is 0 Å². The van der Waals surface area contributed by atoms with Gasteiger partial charge in [0.25, 0.3) is 6.43 Å². The van der Waals surface area contributed by atoms with Crippen molar-refractivity contribution in [2.75, 3.05) is 0 Å². The molecule has 0 radical (unpaired) electrons. The second kappa shape index (κ2) is 3.87. The van der Waals surface area contributed by atoms with Crippen molar-refractivity contribution >= 4 is 11.6 Å². The molecule has 13 heavy (non-hydrogen) atoms. The Hall–Kier alpha value is -0.900. The van der Waals surface area contributed by atoms with Crippen LogP contribution >= 0.6 is 11.6 Å². The Morgan fingerprint density at radius 3 is 2.69 bits per heavy atom. The predicted molar refractivity (Wildman–Crippen MR) is 46.3 cm³/mol. The lowest BCUT2D eigenvalue weighted by Crippen LogP contribution is -2.16. The van der Waals surface area contributed by atoms with Crippen LogP contribution in [0.15, 0.2) is 11.0 Å². The maximum atomic E-state index is 12.3. The minimum absolute atomic E-state index is 0.0602. The fourth-order valence-corrected chi connectivity index (χ4v) is 1.24. The van der Waals surface area contributed by atoms with E-state index < -0.39 is 17.4 Å². The summed E-state index contributed by atoms with van der Waals surface area (Å²) in [5.41, 5.74) is -0.796. The molecule has 0 aromatic carbocycles. The van der Waals surface area contributed by atoms with E-state index in [1.807, 2.05) is 0 Å². The third-order valence-electron chi connectivity index (χ3n) is 1.77. The number of halogens is 3. The predicted octanol–water partition coefficient (Wildman–Crippen LogP) is 2.36. The van der Waals surface area contributed by atoms with Crippen LogP contribution in [0.25, 0.3) is 0 Å². The highest BCUT2D eigenvalue weighted by Gasteiger charge is 2.17. The van der Waals surface area contributed by atoms with Crippen molar-refractivity contribution in [1.82, 2.24) is 4.98 Å². The Morgan fingerprint density at radius 2 is 2.23 bits per heavy atom. The molecule has 1 heterocycles. The summed E-state index contributed by atoms with van der Waals surface area (Å²) in [6, 6.07) is 0. The zero-order valence-corrected chi connectivity index (χ0v) is 7.66. The van der Waals surface area contributed by atoms with Crippen LogP contribution in [0.1, 0.15) is 23.2 Å². The third-order valence-corrected chi connectivity index (χ3v) is 2.05. The van der Waals surface area contributed by atoms with Crippen LogP contribution in [0.4, 0.5) is 8.78 Å². The van der Waals surface area contributed by atoms with E-state index in [0.29, 0.717) is 0 Å². The molecular formula is C8H8ClF2NO. The highest BCUT2D eigenvalue weighted by Crippen LogP contribution is 2.17. The number of alkyl halides is 3. The van der Waals surface area contributed by atoms with Gasteiger partial charge in [0.2, 0.25) is 0 Å². The summed E-state index contributed by atoms with van der Waals surface area (Å²) < 4.78 is 24.7. The molecule has 0 saturated carbocycles. The topological polar surface area (TPSA) is 32.9 Å². The molecule has 0 aliphatic carbocycles. The average Bonchev–Trinajstić information content (AvgIpc) is 2.04. The Labute approximate surface area is 78.5 Å². The minimum atomic E-state index is -2.76. The fraction of sp³-hybridized carbons (Fsp3) is 0.375. The summed E-state index contributed by atoms with van der Waals surface area (Å²) in [6.07, 6.45) is -1.40. The minimum Gasteiger partial charge on any atom is -0.364 e. The number of aromatic nitrogens is 1. The van der Waals surface area contributed by atoms with E-state index in [4.69, 9.17) is 11.6 Å². The van der Waals surface area contributed by atoms with Crippen LogP contribution in [-0.4, -0.2) is 4.98 Å². The lowest BCUT2D eigenvalue weighted by Gasteiger charge is -2.04. The number of hydrogen-bond acceptors (Lipinski definition) is 1. The van der Waals surface area contributed by atoms with Gasteiger partial charge in [-0.05, 0) is 6.92 Å². The van der Waals surface area contributed by atoms with Gasteiger partial charge in [-0.2, -0.15) is 0 Å². The molecule has 72 valence electrons. The molecule has 0 bridgehead atoms. The first-order chi connectivity index (χ1) is 6.07. The Kier molecular flexibility index (Phi) is 3.03. The van der Waals surface area contributed by atoms with Crippen LogP contribution in [-0.2, 0) is 5.88 Å². The van der Waals surface area contributed by atoms with Gasteiger partial charge in [-0.3, -0.25) is 4.79 Å². The smallest absolute Gasteiger partial charge is 0.269 e. The van der Waals surface area contributed by atoms with E-state index >= 15 is 0 Å². The molecule has 0 spiro atoms. The molecule has 1 N–H and O–H groups in total. The molecule has 0 saturated heterocycles. The van der Waals surface area contributed by atoms with Gasteiger partial charge < -0.3 is 4.98 Å². The Balaban J connectivity index is 3.39. The highest BCUT2D eigenvalue weighted by atomic mass is 35.5. The Morgan fingerprint density at radius 1 is 1.62 bits per heavy atom. The lowest BCUT2D eigenvalue weighted by atomic mass is 10.1. The van der Waals surface area contributed by atoms with Crippen LogP contribution in [0.3, 0.4) is 0 Å². The van der Waals surface area contributed by atoms with E-state index in [9.17, 15) is 13.6 Å². The van der Waals surface area contributed by atoms with Crippen molar-refractivity contribution < 1.29 is 8.78 Å². The number of aryl methyl sites for hydroxylation is 1. The van der Waals surface area contributed by atoms with E-state index in [0.717, 1.165) is 0 Å². The maximum Gasteiger partial charge on any atom is 0.269 e. The van der Waals surface area contributed by atoms with Crippen LogP contribution < -0.4 is 5.43 Å². The normalized spacial score (nSPS) is 10.8. The number of H-pyrrole nitrogens is 1. The Bertz CT molecular complexity index is 362. The molecule has 0 aliphatic heterocycles. The summed E-state index contributed by atoms with van der Waals surface area (Å²) in [5.74, 6) is -0.0602. The first-order valence-electron chi connectivity index (χ1n) is 3.63. The van der Waals surface area contributed by atoms with Crippen molar-refractivity contribution in [3.63, 3.8) is 0 Å². The number of rotatable bonds is 2. The average molecular weight is 208 g/mol. The lowest BCUT2D eigenvalue weighted by molar-refractivity contribution is 0.148. The van der Waals surface area contributed by atoms with Gasteiger partial charge >= 0.3 is 0 Å². The molecule has 0 unspecified atom stereocenters. The molecule has 2 nitrogen and oxygen atoms in total. The van der Waals surface area contributed by atoms with E-state index in [1.165, 1.54) is 13.1 Å². The van der Waals surface area contributed by atoms with Gasteiger partial charge in [0, 0.05) is 17.5 Å². The summed E-state index contributed by atoms with van der Waals surface area (Å²) in [7, 11) is 0. The van der Waals surface area contributed by atoms with E-state index in [2.05, 4.69) is 4.98 Å². The van der Waals surface area contributed by atoms with Crippen LogP contribution in [0.2, 0.25) is 0 Å². The van der Waals surface area contributed by atoms with Crippen molar-refractivity contribution in [3.8, 4) is 0 Å². The van der Waals surface area contributed by atoms with E-state index in [-0.39, 0.29) is 17.1 Å². The summed E-state index contributed by atoms with van der Waals surface area (Å²) in [5, 5.41) is 0. The van der Waals surface area contributed by atoms with Crippen molar-refractivity contribution in [3.05, 3.63) is 33.2 Å². The van der Waals surface area contributed by atoms with Gasteiger partial charge in [-0.25, -0.2) is 8.78 Å². The maximum absolute atomic E-state index is 12.3. The van der Waals surface area contributed by atoms with Crippen molar-refractivity contribution in [1.29, 1.82) is 0 Å². The fourth-order valence-electron chi connectivity index (χ4n) is 1.04. The number of pyridine rings is 1. The van der Waals surface area contributed by atoms with Crippen molar-refractivity contribution in [2.45, 2.75) is 19.2 Å². The van der Waals surface area contributed by atoms with Crippen molar-refractivity contribution in [2.24, 2.45) is 0 Å². The number of aromatic amines is 1. The van der Waals surface area contributed by atoms with Gasteiger partial charge in [0.05, 0.1) is 11.4 Å². The largest absolute Gasteiger partial charge is 0.364 e. The second-order valence-corrected chi connectivity index (χ2v) is 2.88. The zero-order chi connectivity index (χ0) is 10.0. The first kappa shape index (κ1) is 10.2. The summed E-state index contributed by atoms with van der Waals surface area (Å²) in [4.78, 5) is 13.9. The number of nitrogens with one attached hydrogen (secondary N) is 1. The SMILES string of the molecule is Cc1[nH]cc(CCl)c(=O)c1C(F)F. The van der Waals surface area contributed by atoms with Gasteiger partial charge in [-0.15, -0.1) is 11.6 Å².